The van der Waals surface area contributed by atoms with E-state index < -0.39 is 11.8 Å². The molecule has 4 nitrogen and oxygen atoms in total. The van der Waals surface area contributed by atoms with Crippen LogP contribution in [0.1, 0.15) is 24.1 Å². The molecule has 2 aromatic rings. The van der Waals surface area contributed by atoms with Gasteiger partial charge >= 0.3 is 11.8 Å². The maximum Gasteiger partial charge on any atom is 0.312 e. The minimum atomic E-state index is -0.501. The van der Waals surface area contributed by atoms with Gasteiger partial charge in [-0.2, -0.15) is 0 Å². The lowest BCUT2D eigenvalue weighted by molar-refractivity contribution is -0.151. The predicted molar refractivity (Wildman–Crippen MR) is 90.5 cm³/mol. The standard InChI is InChI=1S/C19H22N2O2/c1-15(17-12-8-5-9-13-17)21(3)19(23)18(22)20(2)14-16-10-6-4-7-11-16/h4-13,15H,14H2,1-3H3/t15-/m1/s1. The molecule has 0 saturated heterocycles. The minimum absolute atomic E-state index is 0.155. The van der Waals surface area contributed by atoms with Crippen molar-refractivity contribution in [2.45, 2.75) is 19.5 Å². The lowest BCUT2D eigenvalue weighted by Gasteiger charge is -2.27. The van der Waals surface area contributed by atoms with Gasteiger partial charge in [-0.15, -0.1) is 0 Å². The topological polar surface area (TPSA) is 40.6 Å². The molecule has 0 bridgehead atoms. The van der Waals surface area contributed by atoms with Gasteiger partial charge in [-0.3, -0.25) is 9.59 Å². The van der Waals surface area contributed by atoms with Gasteiger partial charge in [0.05, 0.1) is 6.04 Å². The monoisotopic (exact) mass is 310 g/mol. The highest BCUT2D eigenvalue weighted by molar-refractivity contribution is 6.34. The van der Waals surface area contributed by atoms with Crippen LogP contribution in [0.2, 0.25) is 0 Å². The molecule has 23 heavy (non-hydrogen) atoms. The van der Waals surface area contributed by atoms with Crippen LogP contribution in [0.4, 0.5) is 0 Å². The number of likely N-dealkylation sites (N-methyl/N-ethyl adjacent to an activating group) is 2. The SMILES string of the molecule is C[C@H](c1ccccc1)N(C)C(=O)C(=O)N(C)Cc1ccccc1. The van der Waals surface area contributed by atoms with Crippen molar-refractivity contribution in [3.05, 3.63) is 71.8 Å². The Hall–Kier alpha value is -2.62. The first-order valence-corrected chi connectivity index (χ1v) is 7.62. The first-order valence-electron chi connectivity index (χ1n) is 7.62. The fourth-order valence-corrected chi connectivity index (χ4v) is 2.37. The molecule has 0 spiro atoms. The second kappa shape index (κ2) is 7.58. The Morgan fingerprint density at radius 2 is 1.39 bits per heavy atom. The molecule has 0 aliphatic rings. The molecule has 0 fully saturated rings. The van der Waals surface area contributed by atoms with Crippen LogP contribution < -0.4 is 0 Å². The number of hydrogen-bond donors (Lipinski definition) is 0. The molecular weight excluding hydrogens is 288 g/mol. The van der Waals surface area contributed by atoms with Gasteiger partial charge in [0.25, 0.3) is 0 Å². The second-order valence-corrected chi connectivity index (χ2v) is 5.65. The van der Waals surface area contributed by atoms with Crippen molar-refractivity contribution in [1.29, 1.82) is 0 Å². The fraction of sp³-hybridized carbons (Fsp3) is 0.263. The second-order valence-electron chi connectivity index (χ2n) is 5.65. The zero-order chi connectivity index (χ0) is 16.8. The fourth-order valence-electron chi connectivity index (χ4n) is 2.37. The van der Waals surface area contributed by atoms with E-state index in [9.17, 15) is 9.59 Å². The van der Waals surface area contributed by atoms with Crippen molar-refractivity contribution >= 4 is 11.8 Å². The average molecular weight is 310 g/mol. The number of amides is 2. The zero-order valence-corrected chi connectivity index (χ0v) is 13.8. The van der Waals surface area contributed by atoms with Crippen molar-refractivity contribution in [1.82, 2.24) is 9.80 Å². The Labute approximate surface area is 137 Å². The Morgan fingerprint density at radius 1 is 0.870 bits per heavy atom. The predicted octanol–water partition coefficient (Wildman–Crippen LogP) is 2.86. The van der Waals surface area contributed by atoms with Gasteiger partial charge in [0.2, 0.25) is 0 Å². The van der Waals surface area contributed by atoms with Gasteiger partial charge in [0.1, 0.15) is 0 Å². The number of carbonyl (C=O) groups excluding carboxylic acids is 2. The number of benzene rings is 2. The van der Waals surface area contributed by atoms with E-state index in [1.807, 2.05) is 67.6 Å². The maximum absolute atomic E-state index is 12.4. The Morgan fingerprint density at radius 3 is 1.96 bits per heavy atom. The lowest BCUT2D eigenvalue weighted by Crippen LogP contribution is -2.42. The smallest absolute Gasteiger partial charge is 0.312 e. The van der Waals surface area contributed by atoms with E-state index in [1.54, 1.807) is 14.1 Å². The number of nitrogens with zero attached hydrogens (tertiary/aromatic N) is 2. The summed E-state index contributed by atoms with van der Waals surface area (Å²) in [5.74, 6) is -1.00. The van der Waals surface area contributed by atoms with Crippen LogP contribution in [0.5, 0.6) is 0 Å². The van der Waals surface area contributed by atoms with Gasteiger partial charge in [-0.05, 0) is 18.1 Å². The van der Waals surface area contributed by atoms with Crippen LogP contribution in [0, 0.1) is 0 Å². The molecular formula is C19H22N2O2. The number of carbonyl (C=O) groups is 2. The maximum atomic E-state index is 12.4. The minimum Gasteiger partial charge on any atom is -0.333 e. The van der Waals surface area contributed by atoms with Gasteiger partial charge in [-0.1, -0.05) is 60.7 Å². The molecule has 0 unspecified atom stereocenters. The van der Waals surface area contributed by atoms with E-state index in [2.05, 4.69) is 0 Å². The Kier molecular flexibility index (Phi) is 5.52. The largest absolute Gasteiger partial charge is 0.333 e. The summed E-state index contributed by atoms with van der Waals surface area (Å²) in [5.41, 5.74) is 2.00. The van der Waals surface area contributed by atoms with Crippen LogP contribution in [-0.4, -0.2) is 35.7 Å². The first kappa shape index (κ1) is 16.7. The Balaban J connectivity index is 2.02. The zero-order valence-electron chi connectivity index (χ0n) is 13.8. The summed E-state index contributed by atoms with van der Waals surface area (Å²) in [7, 11) is 3.31. The van der Waals surface area contributed by atoms with Crippen LogP contribution in [0.3, 0.4) is 0 Å². The molecule has 0 N–H and O–H groups in total. The number of hydrogen-bond acceptors (Lipinski definition) is 2. The third kappa shape index (κ3) is 4.19. The molecule has 0 radical (unpaired) electrons. The highest BCUT2D eigenvalue weighted by Crippen LogP contribution is 2.18. The summed E-state index contributed by atoms with van der Waals surface area (Å²) < 4.78 is 0. The summed E-state index contributed by atoms with van der Waals surface area (Å²) >= 11 is 0. The van der Waals surface area contributed by atoms with Crippen molar-refractivity contribution in [3.63, 3.8) is 0 Å². The molecule has 120 valence electrons. The molecule has 4 heteroatoms. The molecule has 0 heterocycles. The van der Waals surface area contributed by atoms with Gasteiger partial charge in [0.15, 0.2) is 0 Å². The van der Waals surface area contributed by atoms with E-state index in [-0.39, 0.29) is 6.04 Å². The highest BCUT2D eigenvalue weighted by Gasteiger charge is 2.26. The van der Waals surface area contributed by atoms with Crippen LogP contribution >= 0.6 is 0 Å². The summed E-state index contributed by atoms with van der Waals surface area (Å²) in [6.45, 7) is 2.33. The molecule has 0 aliphatic heterocycles. The summed E-state index contributed by atoms with van der Waals surface area (Å²) in [6.07, 6.45) is 0. The number of rotatable bonds is 4. The molecule has 1 atom stereocenters. The molecule has 0 aliphatic carbocycles. The lowest BCUT2D eigenvalue weighted by atomic mass is 10.1. The molecule has 0 aromatic heterocycles. The molecule has 0 saturated carbocycles. The first-order chi connectivity index (χ1) is 11.0. The van der Waals surface area contributed by atoms with Crippen molar-refractivity contribution in [2.24, 2.45) is 0 Å². The van der Waals surface area contributed by atoms with Crippen molar-refractivity contribution in [2.75, 3.05) is 14.1 Å². The van der Waals surface area contributed by atoms with Gasteiger partial charge in [0, 0.05) is 20.6 Å². The third-order valence-corrected chi connectivity index (χ3v) is 3.98. The highest BCUT2D eigenvalue weighted by atomic mass is 16.2. The average Bonchev–Trinajstić information content (AvgIpc) is 2.60. The van der Waals surface area contributed by atoms with Crippen molar-refractivity contribution < 1.29 is 9.59 Å². The molecule has 2 aromatic carbocycles. The van der Waals surface area contributed by atoms with Crippen LogP contribution in [0.15, 0.2) is 60.7 Å². The molecule has 2 rings (SSSR count). The van der Waals surface area contributed by atoms with Crippen LogP contribution in [0.25, 0.3) is 0 Å². The normalized spacial score (nSPS) is 11.6. The quantitative estimate of drug-likeness (QED) is 0.815. The van der Waals surface area contributed by atoms with E-state index in [0.717, 1.165) is 11.1 Å². The Bertz CT molecular complexity index is 656. The molecule has 2 amide bonds. The van der Waals surface area contributed by atoms with Gasteiger partial charge in [-0.25, -0.2) is 0 Å². The summed E-state index contributed by atoms with van der Waals surface area (Å²) in [6, 6.07) is 19.1. The van der Waals surface area contributed by atoms with Crippen molar-refractivity contribution in [3.8, 4) is 0 Å². The van der Waals surface area contributed by atoms with Crippen LogP contribution in [-0.2, 0) is 16.1 Å². The van der Waals surface area contributed by atoms with E-state index in [0.29, 0.717) is 6.54 Å². The van der Waals surface area contributed by atoms with E-state index >= 15 is 0 Å². The third-order valence-electron chi connectivity index (χ3n) is 3.98. The van der Waals surface area contributed by atoms with E-state index in [4.69, 9.17) is 0 Å². The summed E-state index contributed by atoms with van der Waals surface area (Å²) in [5, 5.41) is 0. The van der Waals surface area contributed by atoms with E-state index in [1.165, 1.54) is 9.80 Å². The summed E-state index contributed by atoms with van der Waals surface area (Å²) in [4.78, 5) is 27.7. The van der Waals surface area contributed by atoms with Gasteiger partial charge < -0.3 is 9.80 Å².